The fourth-order valence-electron chi connectivity index (χ4n) is 3.65. The molecule has 7 heteroatoms. The summed E-state index contributed by atoms with van der Waals surface area (Å²) in [5.41, 5.74) is 1.89. The summed E-state index contributed by atoms with van der Waals surface area (Å²) in [7, 11) is 1.73. The van der Waals surface area contributed by atoms with Gasteiger partial charge in [0.05, 0.1) is 12.1 Å². The Balaban J connectivity index is 2.13. The highest BCUT2D eigenvalue weighted by molar-refractivity contribution is 6.31. The van der Waals surface area contributed by atoms with Crippen LogP contribution in [0.3, 0.4) is 0 Å². The van der Waals surface area contributed by atoms with Crippen molar-refractivity contribution >= 4 is 33.7 Å². The predicted molar refractivity (Wildman–Crippen MR) is 93.5 cm³/mol. The summed E-state index contributed by atoms with van der Waals surface area (Å²) < 4.78 is 9.06. The van der Waals surface area contributed by atoms with E-state index in [9.17, 15) is 4.79 Å². The normalized spacial score (nSPS) is 20.8. The monoisotopic (exact) mass is 346 g/mol. The van der Waals surface area contributed by atoms with Gasteiger partial charge in [-0.05, 0) is 24.6 Å². The quantitative estimate of drug-likeness (QED) is 0.679. The summed E-state index contributed by atoms with van der Waals surface area (Å²) >= 11 is 6.20. The molecule has 0 aliphatic carbocycles. The van der Waals surface area contributed by atoms with Crippen molar-refractivity contribution in [3.05, 3.63) is 33.7 Å². The van der Waals surface area contributed by atoms with Gasteiger partial charge in [-0.1, -0.05) is 25.4 Å². The molecule has 1 aromatic carbocycles. The van der Waals surface area contributed by atoms with Gasteiger partial charge in [-0.3, -0.25) is 9.13 Å². The molecule has 1 aliphatic heterocycles. The van der Waals surface area contributed by atoms with Gasteiger partial charge in [0.1, 0.15) is 5.52 Å². The first-order valence-corrected chi connectivity index (χ1v) is 8.38. The highest BCUT2D eigenvalue weighted by atomic mass is 35.5. The number of rotatable bonds is 1. The predicted octanol–water partition coefficient (Wildman–Crippen LogP) is 2.92. The molecule has 2 aromatic heterocycles. The van der Waals surface area contributed by atoms with Gasteiger partial charge in [-0.15, -0.1) is 10.2 Å². The van der Waals surface area contributed by atoms with Crippen molar-refractivity contribution in [3.8, 4) is 0 Å². The maximum absolute atomic E-state index is 13.0. The Morgan fingerprint density at radius 2 is 2.12 bits per heavy atom. The minimum Gasteiger partial charge on any atom is -0.381 e. The van der Waals surface area contributed by atoms with Gasteiger partial charge in [0.2, 0.25) is 0 Å². The van der Waals surface area contributed by atoms with Crippen LogP contribution >= 0.6 is 11.6 Å². The maximum atomic E-state index is 13.0. The van der Waals surface area contributed by atoms with Crippen LogP contribution in [-0.4, -0.2) is 32.5 Å². The summed E-state index contributed by atoms with van der Waals surface area (Å²) in [5, 5.41) is 9.99. The van der Waals surface area contributed by atoms with Crippen molar-refractivity contribution in [2.75, 3.05) is 13.2 Å². The van der Waals surface area contributed by atoms with Gasteiger partial charge in [0.25, 0.3) is 0 Å². The minimum absolute atomic E-state index is 0.0360. The number of benzene rings is 1. The third-order valence-electron chi connectivity index (χ3n) is 4.95. The lowest BCUT2D eigenvalue weighted by Gasteiger charge is -2.38. The summed E-state index contributed by atoms with van der Waals surface area (Å²) in [4.78, 5) is 13.0. The van der Waals surface area contributed by atoms with Crippen LogP contribution < -0.4 is 5.69 Å². The van der Waals surface area contributed by atoms with E-state index < -0.39 is 0 Å². The van der Waals surface area contributed by atoms with E-state index in [1.165, 1.54) is 0 Å². The molecule has 0 N–H and O–H groups in total. The van der Waals surface area contributed by atoms with Crippen LogP contribution in [0, 0.1) is 5.41 Å². The highest BCUT2D eigenvalue weighted by Gasteiger charge is 2.37. The number of hydrogen-bond donors (Lipinski definition) is 0. The van der Waals surface area contributed by atoms with Gasteiger partial charge in [-0.25, -0.2) is 4.79 Å². The Morgan fingerprint density at radius 1 is 1.33 bits per heavy atom. The molecule has 1 saturated heterocycles. The van der Waals surface area contributed by atoms with Gasteiger partial charge in [0.15, 0.2) is 5.65 Å². The van der Waals surface area contributed by atoms with Crippen LogP contribution in [0.4, 0.5) is 0 Å². The zero-order chi connectivity index (χ0) is 17.1. The number of nitrogens with zero attached hydrogens (tertiary/aromatic N) is 4. The van der Waals surface area contributed by atoms with E-state index in [0.717, 1.165) is 22.8 Å². The van der Waals surface area contributed by atoms with Crippen LogP contribution in [0.25, 0.3) is 22.1 Å². The summed E-state index contributed by atoms with van der Waals surface area (Å²) in [5.74, 6) is 0. The van der Waals surface area contributed by atoms with E-state index in [4.69, 9.17) is 16.3 Å². The van der Waals surface area contributed by atoms with Gasteiger partial charge >= 0.3 is 5.69 Å². The topological polar surface area (TPSA) is 61.9 Å². The van der Waals surface area contributed by atoms with E-state index in [2.05, 4.69) is 24.0 Å². The Bertz CT molecular complexity index is 1010. The summed E-state index contributed by atoms with van der Waals surface area (Å²) in [6.45, 7) is 5.53. The van der Waals surface area contributed by atoms with Crippen molar-refractivity contribution in [2.24, 2.45) is 12.5 Å². The number of aryl methyl sites for hydroxylation is 1. The molecule has 0 unspecified atom stereocenters. The largest absolute Gasteiger partial charge is 0.381 e. The number of imidazole rings is 1. The van der Waals surface area contributed by atoms with Crippen molar-refractivity contribution in [1.82, 2.24) is 19.3 Å². The fraction of sp³-hybridized carbons (Fsp3) is 0.471. The molecule has 3 heterocycles. The molecule has 0 saturated carbocycles. The molecular formula is C17H19ClN4O2. The van der Waals surface area contributed by atoms with Crippen molar-refractivity contribution in [2.45, 2.75) is 26.3 Å². The zero-order valence-corrected chi connectivity index (χ0v) is 14.7. The Morgan fingerprint density at radius 3 is 2.88 bits per heavy atom. The van der Waals surface area contributed by atoms with Gasteiger partial charge in [-0.2, -0.15) is 0 Å². The first-order valence-electron chi connectivity index (χ1n) is 8.01. The Labute approximate surface area is 144 Å². The van der Waals surface area contributed by atoms with Crippen molar-refractivity contribution in [1.29, 1.82) is 0 Å². The molecule has 1 fully saturated rings. The molecular weight excluding hydrogens is 328 g/mol. The summed E-state index contributed by atoms with van der Waals surface area (Å²) in [6.07, 6.45) is 0.788. The molecule has 1 atom stereocenters. The molecule has 0 bridgehead atoms. The maximum Gasteiger partial charge on any atom is 0.330 e. The van der Waals surface area contributed by atoms with E-state index in [1.54, 1.807) is 17.7 Å². The average Bonchev–Trinajstić information content (AvgIpc) is 2.79. The van der Waals surface area contributed by atoms with Crippen LogP contribution in [0.2, 0.25) is 5.02 Å². The Kier molecular flexibility index (Phi) is 3.44. The van der Waals surface area contributed by atoms with Crippen molar-refractivity contribution < 1.29 is 4.74 Å². The molecule has 24 heavy (non-hydrogen) atoms. The van der Waals surface area contributed by atoms with Crippen LogP contribution in [0.1, 0.15) is 26.3 Å². The lowest BCUT2D eigenvalue weighted by Crippen LogP contribution is -2.41. The lowest BCUT2D eigenvalue weighted by atomic mass is 9.81. The number of hydrogen-bond acceptors (Lipinski definition) is 4. The van der Waals surface area contributed by atoms with Crippen molar-refractivity contribution in [3.63, 3.8) is 0 Å². The van der Waals surface area contributed by atoms with Gasteiger partial charge in [0, 0.05) is 35.5 Å². The number of halogens is 1. The third kappa shape index (κ3) is 2.17. The molecule has 3 aromatic rings. The number of ether oxygens (including phenoxy) is 1. The second kappa shape index (κ2) is 5.29. The first kappa shape index (κ1) is 15.6. The second-order valence-electron chi connectivity index (χ2n) is 7.09. The van der Waals surface area contributed by atoms with Crippen LogP contribution in [0.15, 0.2) is 23.0 Å². The standard InChI is InChI=1S/C17H19ClN4O2/c1-17(2)9-24-7-6-13(17)22-14-11-8-10(18)4-5-12(11)19-20-15(14)21(3)16(22)23/h4-5,8,13H,6-7,9H2,1-3H3/t13-/m1/s1. The van der Waals surface area contributed by atoms with E-state index in [0.29, 0.717) is 23.9 Å². The fourth-order valence-corrected chi connectivity index (χ4v) is 3.82. The SMILES string of the molecule is Cn1c(=O)n([C@@H]2CCOCC2(C)C)c2c3cc(Cl)ccc3nnc21. The van der Waals surface area contributed by atoms with Crippen LogP contribution in [-0.2, 0) is 11.8 Å². The molecule has 6 nitrogen and oxygen atoms in total. The molecule has 0 radical (unpaired) electrons. The molecule has 4 rings (SSSR count). The van der Waals surface area contributed by atoms with E-state index >= 15 is 0 Å². The van der Waals surface area contributed by atoms with E-state index in [-0.39, 0.29) is 17.1 Å². The van der Waals surface area contributed by atoms with E-state index in [1.807, 2.05) is 16.7 Å². The smallest absolute Gasteiger partial charge is 0.330 e. The van der Waals surface area contributed by atoms with Crippen LogP contribution in [0.5, 0.6) is 0 Å². The Hall–Kier alpha value is -1.92. The average molecular weight is 347 g/mol. The lowest BCUT2D eigenvalue weighted by molar-refractivity contribution is -0.0253. The number of aromatic nitrogens is 4. The van der Waals surface area contributed by atoms with Gasteiger partial charge < -0.3 is 4.74 Å². The zero-order valence-electron chi connectivity index (χ0n) is 13.9. The molecule has 1 aliphatic rings. The second-order valence-corrected chi connectivity index (χ2v) is 7.53. The third-order valence-corrected chi connectivity index (χ3v) is 5.19. The molecule has 126 valence electrons. The first-order chi connectivity index (χ1) is 11.4. The number of fused-ring (bicyclic) bond motifs is 3. The summed E-state index contributed by atoms with van der Waals surface area (Å²) in [6, 6.07) is 5.51. The molecule has 0 spiro atoms. The molecule has 0 amide bonds. The minimum atomic E-state index is -0.148. The highest BCUT2D eigenvalue weighted by Crippen LogP contribution is 2.39.